The lowest BCUT2D eigenvalue weighted by Gasteiger charge is -2.21. The number of fused-ring (bicyclic) bond motifs is 1. The van der Waals surface area contributed by atoms with Crippen LogP contribution in [0.1, 0.15) is 52.1 Å². The van der Waals surface area contributed by atoms with Crippen molar-refractivity contribution in [3.63, 3.8) is 0 Å². The van der Waals surface area contributed by atoms with E-state index in [9.17, 15) is 22.4 Å². The van der Waals surface area contributed by atoms with E-state index in [0.717, 1.165) is 5.41 Å². The van der Waals surface area contributed by atoms with E-state index in [1.165, 1.54) is 24.3 Å². The monoisotopic (exact) mass is 646 g/mol. The fourth-order valence-electron chi connectivity index (χ4n) is 4.59. The number of rotatable bonds is 13. The first-order valence-electron chi connectivity index (χ1n) is 14.4. The van der Waals surface area contributed by atoms with Crippen LogP contribution < -0.4 is 24.4 Å². The van der Waals surface area contributed by atoms with Crippen molar-refractivity contribution in [2.75, 3.05) is 6.79 Å². The second-order valence-corrected chi connectivity index (χ2v) is 11.8. The van der Waals surface area contributed by atoms with Crippen LogP contribution in [0, 0.1) is 5.82 Å². The standard InChI is InChI=1S/C34H31FN2O8S/c1-2-8-24-19-26(33(38)36-44-21-27-11-6-7-12-28(27)35)14-15-29(24)45-32(25-13-16-30-31(20-25)43-22-42-30)34(39)37-46(40,41)18-17-23-9-4-3-5-10-23/h3-7,9-20,32H,2,8,21-22H2,1H3,(H,36,38)(H,37,39)/b18-17+. The van der Waals surface area contributed by atoms with Crippen LogP contribution in [0.25, 0.3) is 6.08 Å². The van der Waals surface area contributed by atoms with E-state index in [1.807, 2.05) is 6.92 Å². The molecule has 0 aromatic heterocycles. The number of ether oxygens (including phenoxy) is 3. The van der Waals surface area contributed by atoms with Crippen molar-refractivity contribution in [1.29, 1.82) is 0 Å². The Labute approximate surface area is 265 Å². The summed E-state index contributed by atoms with van der Waals surface area (Å²) in [6.45, 7) is 1.77. The van der Waals surface area contributed by atoms with Gasteiger partial charge in [0.25, 0.3) is 21.8 Å². The van der Waals surface area contributed by atoms with Crippen LogP contribution in [0.3, 0.4) is 0 Å². The average molecular weight is 647 g/mol. The molecule has 46 heavy (non-hydrogen) atoms. The van der Waals surface area contributed by atoms with Crippen LogP contribution in [0.5, 0.6) is 17.2 Å². The Morgan fingerprint density at radius 2 is 1.70 bits per heavy atom. The van der Waals surface area contributed by atoms with Gasteiger partial charge in [0.15, 0.2) is 11.5 Å². The number of sulfonamides is 1. The van der Waals surface area contributed by atoms with Gasteiger partial charge in [-0.25, -0.2) is 23.0 Å². The Balaban J connectivity index is 1.37. The molecule has 4 aromatic rings. The molecule has 10 nitrogen and oxygen atoms in total. The molecule has 0 bridgehead atoms. The Morgan fingerprint density at radius 3 is 2.48 bits per heavy atom. The molecule has 4 aromatic carbocycles. The first-order chi connectivity index (χ1) is 22.2. The van der Waals surface area contributed by atoms with Gasteiger partial charge < -0.3 is 14.2 Å². The number of nitrogens with one attached hydrogen (secondary N) is 2. The van der Waals surface area contributed by atoms with E-state index in [-0.39, 0.29) is 30.3 Å². The van der Waals surface area contributed by atoms with E-state index < -0.39 is 33.8 Å². The molecule has 5 rings (SSSR count). The predicted octanol–water partition coefficient (Wildman–Crippen LogP) is 5.61. The number of amides is 2. The topological polar surface area (TPSA) is 129 Å². The highest BCUT2D eigenvalue weighted by Gasteiger charge is 2.29. The van der Waals surface area contributed by atoms with Crippen molar-refractivity contribution in [3.05, 3.63) is 130 Å². The summed E-state index contributed by atoms with van der Waals surface area (Å²) in [6, 6.07) is 24.1. The molecular formula is C34H31FN2O8S. The summed E-state index contributed by atoms with van der Waals surface area (Å²) in [5, 5.41) is 0.904. The van der Waals surface area contributed by atoms with Crippen LogP contribution in [-0.2, 0) is 32.7 Å². The maximum absolute atomic E-state index is 13.9. The van der Waals surface area contributed by atoms with E-state index in [4.69, 9.17) is 19.0 Å². The van der Waals surface area contributed by atoms with Gasteiger partial charge in [0, 0.05) is 16.7 Å². The highest BCUT2D eigenvalue weighted by atomic mass is 32.2. The predicted molar refractivity (Wildman–Crippen MR) is 168 cm³/mol. The molecule has 0 aliphatic carbocycles. The van der Waals surface area contributed by atoms with Crippen molar-refractivity contribution in [2.45, 2.75) is 32.5 Å². The molecule has 1 aliphatic heterocycles. The quantitative estimate of drug-likeness (QED) is 0.180. The lowest BCUT2D eigenvalue weighted by atomic mass is 10.0. The molecule has 0 saturated carbocycles. The number of carbonyl (C=O) groups is 2. The van der Waals surface area contributed by atoms with Crippen molar-refractivity contribution in [1.82, 2.24) is 10.2 Å². The smallest absolute Gasteiger partial charge is 0.279 e. The van der Waals surface area contributed by atoms with E-state index in [2.05, 4.69) is 10.2 Å². The van der Waals surface area contributed by atoms with Crippen LogP contribution in [0.15, 0.2) is 96.4 Å². The van der Waals surface area contributed by atoms with Gasteiger partial charge in [-0.2, -0.15) is 0 Å². The molecule has 0 fully saturated rings. The number of hydrogen-bond donors (Lipinski definition) is 2. The Hall–Kier alpha value is -5.20. The average Bonchev–Trinajstić information content (AvgIpc) is 3.52. The highest BCUT2D eigenvalue weighted by Crippen LogP contribution is 2.36. The van der Waals surface area contributed by atoms with Gasteiger partial charge in [-0.3, -0.25) is 14.4 Å². The minimum atomic E-state index is -4.21. The maximum Gasteiger partial charge on any atom is 0.279 e. The fourth-order valence-corrected chi connectivity index (χ4v) is 5.38. The number of benzene rings is 4. The van der Waals surface area contributed by atoms with Gasteiger partial charge in [0.1, 0.15) is 18.2 Å². The molecule has 1 aliphatic rings. The highest BCUT2D eigenvalue weighted by molar-refractivity contribution is 7.93. The summed E-state index contributed by atoms with van der Waals surface area (Å²) in [7, 11) is -4.21. The molecule has 238 valence electrons. The summed E-state index contributed by atoms with van der Waals surface area (Å²) in [6.07, 6.45) is 1.09. The van der Waals surface area contributed by atoms with Crippen LogP contribution in [0.2, 0.25) is 0 Å². The Bertz CT molecular complexity index is 1850. The zero-order chi connectivity index (χ0) is 32.5. The fraction of sp³-hybridized carbons (Fsp3) is 0.176. The van der Waals surface area contributed by atoms with Gasteiger partial charge in [-0.1, -0.05) is 67.9 Å². The van der Waals surface area contributed by atoms with Crippen LogP contribution >= 0.6 is 0 Å². The van der Waals surface area contributed by atoms with E-state index >= 15 is 0 Å². The van der Waals surface area contributed by atoms with Crippen LogP contribution in [0.4, 0.5) is 4.39 Å². The lowest BCUT2D eigenvalue weighted by molar-refractivity contribution is -0.126. The third kappa shape index (κ3) is 8.29. The van der Waals surface area contributed by atoms with Gasteiger partial charge in [0.05, 0.1) is 5.41 Å². The summed E-state index contributed by atoms with van der Waals surface area (Å²) >= 11 is 0. The second kappa shape index (κ2) is 14.7. The Kier molecular flexibility index (Phi) is 10.3. The summed E-state index contributed by atoms with van der Waals surface area (Å²) in [5.74, 6) is -0.850. The van der Waals surface area contributed by atoms with Crippen molar-refractivity contribution < 1.29 is 41.4 Å². The first kappa shape index (κ1) is 32.2. The molecule has 0 radical (unpaired) electrons. The molecule has 12 heteroatoms. The molecule has 1 atom stereocenters. The van der Waals surface area contributed by atoms with Crippen molar-refractivity contribution in [2.24, 2.45) is 0 Å². The molecule has 1 heterocycles. The zero-order valence-electron chi connectivity index (χ0n) is 24.8. The largest absolute Gasteiger partial charge is 0.475 e. The zero-order valence-corrected chi connectivity index (χ0v) is 25.6. The third-order valence-corrected chi connectivity index (χ3v) is 7.84. The number of aryl methyl sites for hydroxylation is 1. The minimum absolute atomic E-state index is 0.00332. The van der Waals surface area contributed by atoms with E-state index in [0.29, 0.717) is 41.0 Å². The summed E-state index contributed by atoms with van der Waals surface area (Å²) < 4.78 is 58.8. The SMILES string of the molecule is CCCc1cc(C(=O)NOCc2ccccc2F)ccc1OC(C(=O)NS(=O)(=O)/C=C/c1ccccc1)c1ccc2c(c1)OCO2. The Morgan fingerprint density at radius 1 is 0.935 bits per heavy atom. The van der Waals surface area contributed by atoms with Crippen molar-refractivity contribution in [3.8, 4) is 17.2 Å². The third-order valence-electron chi connectivity index (χ3n) is 6.86. The van der Waals surface area contributed by atoms with Gasteiger partial charge in [-0.05, 0) is 60.0 Å². The molecule has 1 unspecified atom stereocenters. The second-order valence-electron chi connectivity index (χ2n) is 10.2. The molecule has 0 saturated heterocycles. The molecular weight excluding hydrogens is 615 g/mol. The van der Waals surface area contributed by atoms with Gasteiger partial charge in [0.2, 0.25) is 12.9 Å². The number of halogens is 1. The van der Waals surface area contributed by atoms with Gasteiger partial charge in [-0.15, -0.1) is 0 Å². The molecule has 2 amide bonds. The number of hydroxylamine groups is 1. The number of carbonyl (C=O) groups excluding carboxylic acids is 2. The summed E-state index contributed by atoms with van der Waals surface area (Å²) in [5.41, 5.74) is 4.37. The minimum Gasteiger partial charge on any atom is -0.475 e. The lowest BCUT2D eigenvalue weighted by Crippen LogP contribution is -2.36. The summed E-state index contributed by atoms with van der Waals surface area (Å²) in [4.78, 5) is 31.6. The van der Waals surface area contributed by atoms with Crippen LogP contribution in [-0.4, -0.2) is 27.0 Å². The van der Waals surface area contributed by atoms with E-state index in [1.54, 1.807) is 72.8 Å². The molecule has 2 N–H and O–H groups in total. The van der Waals surface area contributed by atoms with Crippen molar-refractivity contribution >= 4 is 27.9 Å². The maximum atomic E-state index is 13.9. The first-order valence-corrected chi connectivity index (χ1v) is 15.9. The van der Waals surface area contributed by atoms with Gasteiger partial charge >= 0.3 is 0 Å². The normalized spacial score (nSPS) is 12.9. The number of hydrogen-bond acceptors (Lipinski definition) is 8. The molecule has 0 spiro atoms.